The second-order valence-electron chi connectivity index (χ2n) is 6.74. The van der Waals surface area contributed by atoms with Gasteiger partial charge in [0.2, 0.25) is 0 Å². The number of methoxy groups -OCH3 is 1. The molecule has 0 bridgehead atoms. The van der Waals surface area contributed by atoms with Crippen LogP contribution in [-0.4, -0.2) is 39.8 Å². The van der Waals surface area contributed by atoms with E-state index in [1.54, 1.807) is 26.3 Å². The zero-order valence-corrected chi connectivity index (χ0v) is 18.7. The SMILES string of the molecule is CN=C(NCc1ccc(F)cc1)NCC1CCN(c2cccc(OC)c2)C1.I. The summed E-state index contributed by atoms with van der Waals surface area (Å²) in [5, 5.41) is 6.67. The molecule has 1 atom stereocenters. The van der Waals surface area contributed by atoms with Crippen molar-refractivity contribution in [3.63, 3.8) is 0 Å². The van der Waals surface area contributed by atoms with E-state index >= 15 is 0 Å². The second-order valence-corrected chi connectivity index (χ2v) is 6.74. The maximum Gasteiger partial charge on any atom is 0.191 e. The van der Waals surface area contributed by atoms with E-state index in [9.17, 15) is 4.39 Å². The summed E-state index contributed by atoms with van der Waals surface area (Å²) in [6.07, 6.45) is 1.14. The predicted molar refractivity (Wildman–Crippen MR) is 123 cm³/mol. The second kappa shape index (κ2) is 11.1. The number of rotatable bonds is 6. The standard InChI is InChI=1S/C21H27FN4O.HI/c1-23-21(24-13-16-6-8-18(22)9-7-16)25-14-17-10-11-26(15-17)19-4-3-5-20(12-19)27-2;/h3-9,12,17H,10-11,13-15H2,1-2H3,(H2,23,24,25);1H. The summed E-state index contributed by atoms with van der Waals surface area (Å²) in [6, 6.07) is 14.7. The van der Waals surface area contributed by atoms with E-state index in [0.29, 0.717) is 12.5 Å². The van der Waals surface area contributed by atoms with Crippen LogP contribution >= 0.6 is 24.0 Å². The Morgan fingerprint density at radius 3 is 2.71 bits per heavy atom. The molecule has 1 heterocycles. The Balaban J connectivity index is 0.00000280. The van der Waals surface area contributed by atoms with Gasteiger partial charge in [0.1, 0.15) is 11.6 Å². The smallest absolute Gasteiger partial charge is 0.191 e. The Hall–Kier alpha value is -2.03. The third-order valence-corrected chi connectivity index (χ3v) is 4.86. The molecule has 0 radical (unpaired) electrons. The molecule has 2 aromatic rings. The molecule has 1 aliphatic heterocycles. The maximum atomic E-state index is 13.0. The highest BCUT2D eigenvalue weighted by molar-refractivity contribution is 14.0. The van der Waals surface area contributed by atoms with Gasteiger partial charge in [-0.2, -0.15) is 0 Å². The Kier molecular flexibility index (Phi) is 8.82. The predicted octanol–water partition coefficient (Wildman–Crippen LogP) is 3.64. The van der Waals surface area contributed by atoms with Gasteiger partial charge in [-0.05, 0) is 42.2 Å². The van der Waals surface area contributed by atoms with Crippen molar-refractivity contribution in [1.29, 1.82) is 0 Å². The first-order valence-electron chi connectivity index (χ1n) is 9.26. The molecule has 1 unspecified atom stereocenters. The molecule has 1 saturated heterocycles. The first kappa shape index (κ1) is 22.3. The summed E-state index contributed by atoms with van der Waals surface area (Å²) >= 11 is 0. The van der Waals surface area contributed by atoms with Gasteiger partial charge in [0.25, 0.3) is 0 Å². The number of anilines is 1. The van der Waals surface area contributed by atoms with Gasteiger partial charge in [0.05, 0.1) is 7.11 Å². The fourth-order valence-electron chi connectivity index (χ4n) is 3.29. The van der Waals surface area contributed by atoms with Gasteiger partial charge in [-0.25, -0.2) is 4.39 Å². The van der Waals surface area contributed by atoms with E-state index < -0.39 is 0 Å². The van der Waals surface area contributed by atoms with Crippen LogP contribution in [0, 0.1) is 11.7 Å². The van der Waals surface area contributed by atoms with Crippen molar-refractivity contribution in [2.75, 3.05) is 38.7 Å². The molecule has 0 aromatic heterocycles. The highest BCUT2D eigenvalue weighted by atomic mass is 127. The minimum atomic E-state index is -0.219. The van der Waals surface area contributed by atoms with E-state index in [0.717, 1.165) is 43.3 Å². The van der Waals surface area contributed by atoms with Crippen molar-refractivity contribution < 1.29 is 9.13 Å². The number of nitrogens with one attached hydrogen (secondary N) is 2. The number of benzene rings is 2. The van der Waals surface area contributed by atoms with E-state index in [4.69, 9.17) is 4.74 Å². The normalized spacial score (nSPS) is 16.5. The van der Waals surface area contributed by atoms with E-state index in [2.05, 4.69) is 32.7 Å². The number of aliphatic imine (C=N–C) groups is 1. The van der Waals surface area contributed by atoms with Gasteiger partial charge in [0.15, 0.2) is 5.96 Å². The first-order chi connectivity index (χ1) is 13.2. The highest BCUT2D eigenvalue weighted by Crippen LogP contribution is 2.26. The quantitative estimate of drug-likeness (QED) is 0.363. The molecule has 1 fully saturated rings. The van der Waals surface area contributed by atoms with Crippen molar-refractivity contribution in [3.8, 4) is 5.75 Å². The van der Waals surface area contributed by atoms with Gasteiger partial charge in [0, 0.05) is 45.0 Å². The van der Waals surface area contributed by atoms with Crippen LogP contribution < -0.4 is 20.3 Å². The van der Waals surface area contributed by atoms with Gasteiger partial charge >= 0.3 is 0 Å². The average Bonchev–Trinajstić information content (AvgIpc) is 3.18. The summed E-state index contributed by atoms with van der Waals surface area (Å²) in [6.45, 7) is 3.53. The van der Waals surface area contributed by atoms with Crippen LogP contribution in [-0.2, 0) is 6.54 Å². The Morgan fingerprint density at radius 1 is 1.21 bits per heavy atom. The lowest BCUT2D eigenvalue weighted by molar-refractivity contribution is 0.415. The maximum absolute atomic E-state index is 13.0. The molecule has 1 aliphatic rings. The van der Waals surface area contributed by atoms with Gasteiger partial charge in [-0.1, -0.05) is 18.2 Å². The lowest BCUT2D eigenvalue weighted by atomic mass is 10.1. The number of hydrogen-bond acceptors (Lipinski definition) is 3. The largest absolute Gasteiger partial charge is 0.497 e. The molecule has 0 aliphatic carbocycles. The van der Waals surface area contributed by atoms with Crippen molar-refractivity contribution in [2.45, 2.75) is 13.0 Å². The number of halogens is 2. The third-order valence-electron chi connectivity index (χ3n) is 4.86. The average molecular weight is 498 g/mol. The van der Waals surface area contributed by atoms with Gasteiger partial charge in [-0.3, -0.25) is 4.99 Å². The number of ether oxygens (including phenoxy) is 1. The zero-order chi connectivity index (χ0) is 19.1. The van der Waals surface area contributed by atoms with Gasteiger partial charge < -0.3 is 20.3 Å². The molecule has 0 saturated carbocycles. The van der Waals surface area contributed by atoms with Crippen LogP contribution in [0.1, 0.15) is 12.0 Å². The summed E-state index contributed by atoms with van der Waals surface area (Å²) in [5.74, 6) is 1.99. The lowest BCUT2D eigenvalue weighted by Crippen LogP contribution is -2.39. The van der Waals surface area contributed by atoms with Crippen molar-refractivity contribution in [3.05, 3.63) is 59.9 Å². The molecular formula is C21H28FIN4O. The zero-order valence-electron chi connectivity index (χ0n) is 16.3. The first-order valence-corrected chi connectivity index (χ1v) is 9.26. The third kappa shape index (κ3) is 6.25. The number of guanidine groups is 1. The topological polar surface area (TPSA) is 48.9 Å². The molecule has 0 amide bonds. The van der Waals surface area contributed by atoms with Crippen molar-refractivity contribution in [2.24, 2.45) is 10.9 Å². The molecule has 2 N–H and O–H groups in total. The molecule has 152 valence electrons. The Labute approximate surface area is 183 Å². The van der Waals surface area contributed by atoms with Crippen molar-refractivity contribution in [1.82, 2.24) is 10.6 Å². The van der Waals surface area contributed by atoms with Crippen LogP contribution in [0.2, 0.25) is 0 Å². The van der Waals surface area contributed by atoms with Crippen LogP contribution in [0.5, 0.6) is 5.75 Å². The van der Waals surface area contributed by atoms with E-state index in [1.165, 1.54) is 17.8 Å². The van der Waals surface area contributed by atoms with Crippen LogP contribution in [0.15, 0.2) is 53.5 Å². The van der Waals surface area contributed by atoms with Crippen LogP contribution in [0.3, 0.4) is 0 Å². The van der Waals surface area contributed by atoms with Crippen molar-refractivity contribution >= 4 is 35.6 Å². The van der Waals surface area contributed by atoms with Crippen LogP contribution in [0.25, 0.3) is 0 Å². The van der Waals surface area contributed by atoms with Gasteiger partial charge in [-0.15, -0.1) is 24.0 Å². The van der Waals surface area contributed by atoms with E-state index in [1.807, 2.05) is 12.1 Å². The minimum Gasteiger partial charge on any atom is -0.497 e. The summed E-state index contributed by atoms with van der Waals surface area (Å²) in [4.78, 5) is 6.66. The molecule has 0 spiro atoms. The fraction of sp³-hybridized carbons (Fsp3) is 0.381. The Bertz CT molecular complexity index is 769. The number of hydrogen-bond donors (Lipinski definition) is 2. The summed E-state index contributed by atoms with van der Waals surface area (Å²) < 4.78 is 18.3. The minimum absolute atomic E-state index is 0. The molecular weight excluding hydrogens is 470 g/mol. The molecule has 7 heteroatoms. The summed E-state index contributed by atoms with van der Waals surface area (Å²) in [7, 11) is 3.46. The summed E-state index contributed by atoms with van der Waals surface area (Å²) in [5.41, 5.74) is 2.22. The molecule has 2 aromatic carbocycles. The molecule has 5 nitrogen and oxygen atoms in total. The molecule has 28 heavy (non-hydrogen) atoms. The Morgan fingerprint density at radius 2 is 2.00 bits per heavy atom. The van der Waals surface area contributed by atoms with E-state index in [-0.39, 0.29) is 29.8 Å². The molecule has 3 rings (SSSR count). The fourth-order valence-corrected chi connectivity index (χ4v) is 3.29. The number of nitrogens with zero attached hydrogens (tertiary/aromatic N) is 2. The van der Waals surface area contributed by atoms with Crippen LogP contribution in [0.4, 0.5) is 10.1 Å². The highest BCUT2D eigenvalue weighted by Gasteiger charge is 2.23. The monoisotopic (exact) mass is 498 g/mol. The lowest BCUT2D eigenvalue weighted by Gasteiger charge is -2.20.